The minimum Gasteiger partial charge on any atom is -0.391 e. The van der Waals surface area contributed by atoms with Crippen molar-refractivity contribution in [3.05, 3.63) is 29.8 Å². The predicted octanol–water partition coefficient (Wildman–Crippen LogP) is 0.924. The van der Waals surface area contributed by atoms with E-state index in [1.165, 1.54) is 0 Å². The van der Waals surface area contributed by atoms with E-state index in [1.54, 1.807) is 24.3 Å². The molecule has 6 heteroatoms. The third-order valence-electron chi connectivity index (χ3n) is 2.66. The first-order chi connectivity index (χ1) is 8.90. The van der Waals surface area contributed by atoms with Crippen molar-refractivity contribution in [3.63, 3.8) is 0 Å². The number of nitrogens with two attached hydrogens (primary N) is 1. The molecule has 0 heterocycles. The summed E-state index contributed by atoms with van der Waals surface area (Å²) in [5, 5.41) is 14.6. The maximum absolute atomic E-state index is 11.8. The molecular formula is C13H19N3O3. The van der Waals surface area contributed by atoms with Crippen molar-refractivity contribution in [3.8, 4) is 0 Å². The summed E-state index contributed by atoms with van der Waals surface area (Å²) in [5.41, 5.74) is 5.94. The number of benzene rings is 1. The number of amides is 3. The number of hydrogen-bond acceptors (Lipinski definition) is 3. The minimum absolute atomic E-state index is 0.0856. The van der Waals surface area contributed by atoms with E-state index in [0.717, 1.165) is 0 Å². The molecule has 19 heavy (non-hydrogen) atoms. The first-order valence-electron chi connectivity index (χ1n) is 6.03. The maximum Gasteiger partial charge on any atom is 0.316 e. The molecular weight excluding hydrogens is 246 g/mol. The van der Waals surface area contributed by atoms with Crippen LogP contribution in [-0.4, -0.2) is 29.7 Å². The number of hydrogen-bond donors (Lipinski definition) is 4. The third-order valence-corrected chi connectivity index (χ3v) is 2.66. The zero-order chi connectivity index (χ0) is 14.4. The van der Waals surface area contributed by atoms with Gasteiger partial charge in [-0.2, -0.15) is 0 Å². The zero-order valence-electron chi connectivity index (χ0n) is 11.0. The Hall–Kier alpha value is -2.08. The van der Waals surface area contributed by atoms with Crippen LogP contribution >= 0.6 is 0 Å². The normalized spacial score (nSPS) is 12.0. The predicted molar refractivity (Wildman–Crippen MR) is 72.8 cm³/mol. The number of urea groups is 1. The van der Waals surface area contributed by atoms with Gasteiger partial charge >= 0.3 is 6.03 Å². The molecule has 0 fully saturated rings. The van der Waals surface area contributed by atoms with Crippen LogP contribution in [-0.2, 0) is 0 Å². The summed E-state index contributed by atoms with van der Waals surface area (Å²) < 4.78 is 0. The van der Waals surface area contributed by atoms with Crippen molar-refractivity contribution in [1.29, 1.82) is 0 Å². The van der Waals surface area contributed by atoms with Gasteiger partial charge in [0.05, 0.1) is 6.10 Å². The molecule has 1 rings (SSSR count). The standard InChI is InChI=1S/C13H19N3O3/c1-8(2)11(17)7-15-12(18)9-3-5-10(6-4-9)16-13(14)19/h3-6,8,11,17H,7H2,1-2H3,(H,15,18)(H3,14,16,19). The number of primary amides is 1. The molecule has 0 radical (unpaired) electrons. The quantitative estimate of drug-likeness (QED) is 0.636. The summed E-state index contributed by atoms with van der Waals surface area (Å²) in [6.45, 7) is 3.96. The van der Waals surface area contributed by atoms with Crippen LogP contribution < -0.4 is 16.4 Å². The molecule has 5 N–H and O–H groups in total. The van der Waals surface area contributed by atoms with Crippen molar-refractivity contribution < 1.29 is 14.7 Å². The topological polar surface area (TPSA) is 104 Å². The van der Waals surface area contributed by atoms with Gasteiger partial charge in [-0.1, -0.05) is 13.8 Å². The monoisotopic (exact) mass is 265 g/mol. The molecule has 1 unspecified atom stereocenters. The van der Waals surface area contributed by atoms with Crippen LogP contribution in [0.25, 0.3) is 0 Å². The van der Waals surface area contributed by atoms with Gasteiger partial charge in [0.1, 0.15) is 0 Å². The second kappa shape index (κ2) is 6.75. The highest BCUT2D eigenvalue weighted by Gasteiger charge is 2.11. The van der Waals surface area contributed by atoms with Gasteiger partial charge < -0.3 is 21.5 Å². The first kappa shape index (κ1) is 15.0. The Morgan fingerprint density at radius 3 is 2.32 bits per heavy atom. The second-order valence-corrected chi connectivity index (χ2v) is 4.59. The summed E-state index contributed by atoms with van der Waals surface area (Å²) in [7, 11) is 0. The molecule has 0 saturated heterocycles. The van der Waals surface area contributed by atoms with E-state index in [2.05, 4.69) is 10.6 Å². The van der Waals surface area contributed by atoms with Crippen LogP contribution in [0.2, 0.25) is 0 Å². The molecule has 0 bridgehead atoms. The molecule has 1 atom stereocenters. The van der Waals surface area contributed by atoms with Crippen molar-refractivity contribution in [1.82, 2.24) is 5.32 Å². The highest BCUT2D eigenvalue weighted by molar-refractivity contribution is 5.95. The second-order valence-electron chi connectivity index (χ2n) is 4.59. The Bertz CT molecular complexity index is 443. The Morgan fingerprint density at radius 2 is 1.84 bits per heavy atom. The molecule has 1 aromatic rings. The number of rotatable bonds is 5. The maximum atomic E-state index is 11.8. The van der Waals surface area contributed by atoms with Gasteiger partial charge in [-0.25, -0.2) is 4.79 Å². The Morgan fingerprint density at radius 1 is 1.26 bits per heavy atom. The number of aliphatic hydroxyl groups excluding tert-OH is 1. The number of nitrogens with one attached hydrogen (secondary N) is 2. The molecule has 104 valence electrons. The lowest BCUT2D eigenvalue weighted by molar-refractivity contribution is 0.0871. The molecule has 0 aliphatic rings. The van der Waals surface area contributed by atoms with Crippen LogP contribution in [0.3, 0.4) is 0 Å². The van der Waals surface area contributed by atoms with Gasteiger partial charge in [-0.15, -0.1) is 0 Å². The van der Waals surface area contributed by atoms with E-state index < -0.39 is 12.1 Å². The van der Waals surface area contributed by atoms with E-state index >= 15 is 0 Å². The molecule has 0 spiro atoms. The summed E-state index contributed by atoms with van der Waals surface area (Å²) >= 11 is 0. The third kappa shape index (κ3) is 4.97. The molecule has 3 amide bonds. The highest BCUT2D eigenvalue weighted by atomic mass is 16.3. The minimum atomic E-state index is -0.655. The molecule has 0 aliphatic carbocycles. The zero-order valence-corrected chi connectivity index (χ0v) is 11.0. The summed E-state index contributed by atoms with van der Waals surface area (Å²) in [4.78, 5) is 22.4. The lowest BCUT2D eigenvalue weighted by Crippen LogP contribution is -2.34. The summed E-state index contributed by atoms with van der Waals surface area (Å²) in [6.07, 6.45) is -0.570. The fraction of sp³-hybridized carbons (Fsp3) is 0.385. The first-order valence-corrected chi connectivity index (χ1v) is 6.03. The largest absolute Gasteiger partial charge is 0.391 e. The van der Waals surface area contributed by atoms with Gasteiger partial charge in [-0.3, -0.25) is 4.79 Å². The summed E-state index contributed by atoms with van der Waals surface area (Å²) in [6, 6.07) is 5.65. The lowest BCUT2D eigenvalue weighted by Gasteiger charge is -2.15. The molecule has 1 aromatic carbocycles. The average Bonchev–Trinajstić information content (AvgIpc) is 2.35. The number of aliphatic hydroxyl groups is 1. The SMILES string of the molecule is CC(C)C(O)CNC(=O)c1ccc(NC(N)=O)cc1. The summed E-state index contributed by atoms with van der Waals surface area (Å²) in [5.74, 6) is -0.187. The average molecular weight is 265 g/mol. The Labute approximate surface area is 112 Å². The van der Waals surface area contributed by atoms with Gasteiger partial charge in [-0.05, 0) is 30.2 Å². The van der Waals surface area contributed by atoms with Crippen LogP contribution in [0.4, 0.5) is 10.5 Å². The van der Waals surface area contributed by atoms with Crippen LogP contribution in [0.5, 0.6) is 0 Å². The molecule has 6 nitrogen and oxygen atoms in total. The molecule has 0 saturated carbocycles. The van der Waals surface area contributed by atoms with Gasteiger partial charge in [0, 0.05) is 17.8 Å². The van der Waals surface area contributed by atoms with E-state index in [-0.39, 0.29) is 18.4 Å². The highest BCUT2D eigenvalue weighted by Crippen LogP contribution is 2.09. The number of anilines is 1. The van der Waals surface area contributed by atoms with Crippen LogP contribution in [0.1, 0.15) is 24.2 Å². The van der Waals surface area contributed by atoms with Crippen molar-refractivity contribution in [2.75, 3.05) is 11.9 Å². The van der Waals surface area contributed by atoms with E-state index in [0.29, 0.717) is 11.3 Å². The van der Waals surface area contributed by atoms with E-state index in [1.807, 2.05) is 13.8 Å². The van der Waals surface area contributed by atoms with Crippen molar-refractivity contribution >= 4 is 17.6 Å². The fourth-order valence-electron chi connectivity index (χ4n) is 1.38. The lowest BCUT2D eigenvalue weighted by atomic mass is 10.1. The molecule has 0 aromatic heterocycles. The number of carbonyl (C=O) groups excluding carboxylic acids is 2. The van der Waals surface area contributed by atoms with Crippen LogP contribution in [0.15, 0.2) is 24.3 Å². The van der Waals surface area contributed by atoms with Crippen molar-refractivity contribution in [2.24, 2.45) is 11.7 Å². The number of carbonyl (C=O) groups is 2. The van der Waals surface area contributed by atoms with E-state index in [9.17, 15) is 14.7 Å². The molecule has 0 aliphatic heterocycles. The van der Waals surface area contributed by atoms with Gasteiger partial charge in [0.2, 0.25) is 0 Å². The van der Waals surface area contributed by atoms with Crippen LogP contribution in [0, 0.1) is 5.92 Å². The smallest absolute Gasteiger partial charge is 0.316 e. The van der Waals surface area contributed by atoms with Crippen molar-refractivity contribution in [2.45, 2.75) is 20.0 Å². The Balaban J connectivity index is 2.55. The van der Waals surface area contributed by atoms with Gasteiger partial charge in [0.15, 0.2) is 0 Å². The van der Waals surface area contributed by atoms with Gasteiger partial charge in [0.25, 0.3) is 5.91 Å². The fourth-order valence-corrected chi connectivity index (χ4v) is 1.38. The van der Waals surface area contributed by atoms with E-state index in [4.69, 9.17) is 5.73 Å². The Kier molecular flexibility index (Phi) is 5.32.